The molecule has 2 heteroatoms. The molecule has 11 aromatic carbocycles. The van der Waals surface area contributed by atoms with Gasteiger partial charge in [0.2, 0.25) is 0 Å². The maximum Gasteiger partial charge on any atom is 0.0714 e. The highest BCUT2D eigenvalue weighted by molar-refractivity contribution is 6.11. The number of rotatable bonds is 8. The number of aromatic nitrogens is 1. The van der Waals surface area contributed by atoms with Crippen LogP contribution < -0.4 is 4.90 Å². The first kappa shape index (κ1) is 38.7. The van der Waals surface area contributed by atoms with E-state index in [9.17, 15) is 0 Å². The molecule has 1 aliphatic rings. The molecule has 314 valence electrons. The van der Waals surface area contributed by atoms with Crippen molar-refractivity contribution in [2.45, 2.75) is 5.41 Å². The van der Waals surface area contributed by atoms with Crippen LogP contribution in [-0.4, -0.2) is 4.57 Å². The lowest BCUT2D eigenvalue weighted by Gasteiger charge is -2.35. The van der Waals surface area contributed by atoms with Crippen molar-refractivity contribution in [3.8, 4) is 39.1 Å². The standard InChI is InChI=1S/C65H44N2/c1-4-23-48(24-5-1)65(49-25-6-2-7-26-49)60-35-16-14-33-56(60)57-40-39-52(44-61(57)65)66(62-37-19-21-45-20-10-11-32-55(45)62)51-29-18-22-46(42-51)53-30-12-13-31-54(53)47-38-41-64-59(43-47)58-34-15-17-36-63(58)67(64)50-27-8-3-9-28-50/h1-44H. The third kappa shape index (κ3) is 6.11. The minimum atomic E-state index is -0.524. The predicted molar refractivity (Wildman–Crippen MR) is 281 cm³/mol. The van der Waals surface area contributed by atoms with Crippen LogP contribution in [0.25, 0.3) is 71.6 Å². The van der Waals surface area contributed by atoms with Crippen LogP contribution in [0.2, 0.25) is 0 Å². The first-order valence-electron chi connectivity index (χ1n) is 23.2. The average molecular weight is 853 g/mol. The van der Waals surface area contributed by atoms with E-state index in [0.717, 1.165) is 28.3 Å². The van der Waals surface area contributed by atoms with E-state index in [1.54, 1.807) is 0 Å². The van der Waals surface area contributed by atoms with Gasteiger partial charge in [0.1, 0.15) is 0 Å². The van der Waals surface area contributed by atoms with Crippen molar-refractivity contribution in [1.82, 2.24) is 4.57 Å². The van der Waals surface area contributed by atoms with Crippen LogP contribution in [0.5, 0.6) is 0 Å². The van der Waals surface area contributed by atoms with E-state index in [2.05, 4.69) is 276 Å². The van der Waals surface area contributed by atoms with Crippen LogP contribution in [-0.2, 0) is 5.41 Å². The summed E-state index contributed by atoms with van der Waals surface area (Å²) in [5.74, 6) is 0. The molecule has 0 radical (unpaired) electrons. The van der Waals surface area contributed by atoms with E-state index in [-0.39, 0.29) is 0 Å². The summed E-state index contributed by atoms with van der Waals surface area (Å²) in [5.41, 5.74) is 18.7. The van der Waals surface area contributed by atoms with E-state index < -0.39 is 5.41 Å². The zero-order valence-electron chi connectivity index (χ0n) is 36.8. The second-order valence-corrected chi connectivity index (χ2v) is 17.6. The number of anilines is 3. The largest absolute Gasteiger partial charge is 0.310 e. The summed E-state index contributed by atoms with van der Waals surface area (Å²) in [5, 5.41) is 4.88. The van der Waals surface area contributed by atoms with Gasteiger partial charge in [0.25, 0.3) is 0 Å². The predicted octanol–water partition coefficient (Wildman–Crippen LogP) is 17.1. The summed E-state index contributed by atoms with van der Waals surface area (Å²) in [4.78, 5) is 2.48. The molecule has 13 rings (SSSR count). The Balaban J connectivity index is 1.01. The summed E-state index contributed by atoms with van der Waals surface area (Å²) in [6.45, 7) is 0. The Morgan fingerprint density at radius 3 is 1.63 bits per heavy atom. The van der Waals surface area contributed by atoms with E-state index >= 15 is 0 Å². The van der Waals surface area contributed by atoms with Gasteiger partial charge in [-0.15, -0.1) is 0 Å². The van der Waals surface area contributed by atoms with Crippen LogP contribution in [0, 0.1) is 0 Å². The number of para-hydroxylation sites is 2. The van der Waals surface area contributed by atoms with Crippen LogP contribution in [0.3, 0.4) is 0 Å². The summed E-state index contributed by atoms with van der Waals surface area (Å²) < 4.78 is 2.38. The average Bonchev–Trinajstić information content (AvgIpc) is 3.90. The van der Waals surface area contributed by atoms with Gasteiger partial charge < -0.3 is 9.47 Å². The van der Waals surface area contributed by atoms with Crippen molar-refractivity contribution >= 4 is 49.6 Å². The minimum Gasteiger partial charge on any atom is -0.310 e. The Labute approximate surface area is 390 Å². The van der Waals surface area contributed by atoms with Gasteiger partial charge in [-0.05, 0) is 122 Å². The van der Waals surface area contributed by atoms with E-state index in [0.29, 0.717) is 0 Å². The normalized spacial score (nSPS) is 12.6. The van der Waals surface area contributed by atoms with Gasteiger partial charge in [0.05, 0.1) is 22.1 Å². The molecular formula is C65H44N2. The molecule has 0 fully saturated rings. The van der Waals surface area contributed by atoms with Gasteiger partial charge in [-0.25, -0.2) is 0 Å². The van der Waals surface area contributed by atoms with Gasteiger partial charge in [-0.1, -0.05) is 206 Å². The number of nitrogens with zero attached hydrogens (tertiary/aromatic N) is 2. The molecule has 0 amide bonds. The van der Waals surface area contributed by atoms with Crippen molar-refractivity contribution in [2.24, 2.45) is 0 Å². The van der Waals surface area contributed by atoms with Gasteiger partial charge in [0, 0.05) is 33.2 Å². The molecule has 2 nitrogen and oxygen atoms in total. The maximum atomic E-state index is 2.48. The minimum absolute atomic E-state index is 0.524. The van der Waals surface area contributed by atoms with E-state index in [4.69, 9.17) is 0 Å². The first-order valence-corrected chi connectivity index (χ1v) is 23.2. The van der Waals surface area contributed by atoms with Crippen molar-refractivity contribution < 1.29 is 0 Å². The summed E-state index contributed by atoms with van der Waals surface area (Å²) in [6, 6.07) is 98.1. The summed E-state index contributed by atoms with van der Waals surface area (Å²) >= 11 is 0. The van der Waals surface area contributed by atoms with Crippen LogP contribution >= 0.6 is 0 Å². The highest BCUT2D eigenvalue weighted by Gasteiger charge is 2.46. The SMILES string of the molecule is c1ccc(-n2c3ccccc3c3cc(-c4ccccc4-c4cccc(N(c5ccc6c(c5)C(c5ccccc5)(c5ccccc5)c5ccccc5-6)c5cccc6ccccc56)c4)ccc32)cc1. The van der Waals surface area contributed by atoms with Crippen molar-refractivity contribution in [3.05, 3.63) is 289 Å². The smallest absolute Gasteiger partial charge is 0.0714 e. The highest BCUT2D eigenvalue weighted by Crippen LogP contribution is 2.57. The Morgan fingerprint density at radius 1 is 0.313 bits per heavy atom. The zero-order chi connectivity index (χ0) is 44.3. The second-order valence-electron chi connectivity index (χ2n) is 17.6. The molecule has 0 atom stereocenters. The molecule has 67 heavy (non-hydrogen) atoms. The van der Waals surface area contributed by atoms with Gasteiger partial charge in [-0.2, -0.15) is 0 Å². The number of benzene rings is 11. The third-order valence-corrected chi connectivity index (χ3v) is 14.0. The Morgan fingerprint density at radius 2 is 0.866 bits per heavy atom. The molecule has 12 aromatic rings. The molecule has 0 saturated carbocycles. The molecule has 1 aromatic heterocycles. The van der Waals surface area contributed by atoms with Crippen LogP contribution in [0.4, 0.5) is 17.1 Å². The fraction of sp³-hybridized carbons (Fsp3) is 0.0154. The molecule has 0 bridgehead atoms. The number of fused-ring (bicyclic) bond motifs is 7. The molecule has 1 aliphatic carbocycles. The van der Waals surface area contributed by atoms with Crippen LogP contribution in [0.1, 0.15) is 22.3 Å². The lowest BCUT2D eigenvalue weighted by Crippen LogP contribution is -2.28. The molecule has 0 unspecified atom stereocenters. The number of hydrogen-bond acceptors (Lipinski definition) is 1. The summed E-state index contributed by atoms with van der Waals surface area (Å²) in [7, 11) is 0. The van der Waals surface area contributed by atoms with Crippen molar-refractivity contribution in [3.63, 3.8) is 0 Å². The van der Waals surface area contributed by atoms with Gasteiger partial charge in [0.15, 0.2) is 0 Å². The Kier molecular flexibility index (Phi) is 9.11. The lowest BCUT2D eigenvalue weighted by atomic mass is 9.67. The molecule has 0 saturated heterocycles. The molecule has 0 aliphatic heterocycles. The topological polar surface area (TPSA) is 8.17 Å². The van der Waals surface area contributed by atoms with Crippen molar-refractivity contribution in [1.29, 1.82) is 0 Å². The van der Waals surface area contributed by atoms with Crippen LogP contribution in [0.15, 0.2) is 267 Å². The molecule has 0 N–H and O–H groups in total. The van der Waals surface area contributed by atoms with E-state index in [1.807, 2.05) is 0 Å². The second kappa shape index (κ2) is 15.8. The zero-order valence-corrected chi connectivity index (χ0v) is 36.8. The lowest BCUT2D eigenvalue weighted by molar-refractivity contribution is 0.768. The van der Waals surface area contributed by atoms with E-state index in [1.165, 1.54) is 82.6 Å². The fourth-order valence-corrected chi connectivity index (χ4v) is 11.2. The Hall–Kier alpha value is -8.72. The fourth-order valence-electron chi connectivity index (χ4n) is 11.2. The van der Waals surface area contributed by atoms with Crippen molar-refractivity contribution in [2.75, 3.05) is 4.90 Å². The Bertz CT molecular complexity index is 3770. The molecule has 1 heterocycles. The number of hydrogen-bond donors (Lipinski definition) is 0. The molecule has 0 spiro atoms. The maximum absolute atomic E-state index is 2.48. The summed E-state index contributed by atoms with van der Waals surface area (Å²) in [6.07, 6.45) is 0. The van der Waals surface area contributed by atoms with Gasteiger partial charge in [-0.3, -0.25) is 0 Å². The third-order valence-electron chi connectivity index (χ3n) is 14.0. The highest BCUT2D eigenvalue weighted by atomic mass is 15.1. The first-order chi connectivity index (χ1) is 33.3. The molecular weight excluding hydrogens is 809 g/mol. The monoisotopic (exact) mass is 852 g/mol. The quantitative estimate of drug-likeness (QED) is 0.148. The van der Waals surface area contributed by atoms with Gasteiger partial charge >= 0.3 is 0 Å².